The molecule has 0 unspecified atom stereocenters. The number of aryl methyl sites for hydroxylation is 1. The molecule has 1 aliphatic heterocycles. The number of carbonyl (C=O) groups excluding carboxylic acids is 1. The second-order valence-corrected chi connectivity index (χ2v) is 7.37. The number of furan rings is 1. The Kier molecular flexibility index (Phi) is 5.37. The van der Waals surface area contributed by atoms with E-state index in [2.05, 4.69) is 19.9 Å². The summed E-state index contributed by atoms with van der Waals surface area (Å²) in [6.07, 6.45) is 0.0459. The van der Waals surface area contributed by atoms with Gasteiger partial charge in [-0.3, -0.25) is 4.79 Å². The van der Waals surface area contributed by atoms with E-state index in [1.54, 1.807) is 17.0 Å². The van der Waals surface area contributed by atoms with E-state index in [1.807, 2.05) is 32.9 Å². The zero-order chi connectivity index (χ0) is 18.8. The van der Waals surface area contributed by atoms with Crippen molar-refractivity contribution in [1.82, 2.24) is 4.90 Å². The second kappa shape index (κ2) is 7.54. The van der Waals surface area contributed by atoms with Crippen LogP contribution in [-0.2, 0) is 4.74 Å². The van der Waals surface area contributed by atoms with Crippen molar-refractivity contribution >= 4 is 5.91 Å². The Balaban J connectivity index is 1.74. The highest BCUT2D eigenvalue weighted by Crippen LogP contribution is 2.30. The quantitative estimate of drug-likeness (QED) is 0.792. The van der Waals surface area contributed by atoms with Gasteiger partial charge in [0.2, 0.25) is 0 Å². The van der Waals surface area contributed by atoms with Gasteiger partial charge in [-0.1, -0.05) is 26.0 Å². The van der Waals surface area contributed by atoms with Crippen LogP contribution in [0.5, 0.6) is 11.7 Å². The van der Waals surface area contributed by atoms with Crippen molar-refractivity contribution in [2.45, 2.75) is 52.7 Å². The van der Waals surface area contributed by atoms with E-state index >= 15 is 0 Å². The Hall–Kier alpha value is -2.27. The minimum atomic E-state index is -0.130. The molecule has 1 aromatic heterocycles. The third-order valence-electron chi connectivity index (χ3n) is 4.59. The van der Waals surface area contributed by atoms with Crippen LogP contribution in [0, 0.1) is 6.92 Å². The summed E-state index contributed by atoms with van der Waals surface area (Å²) < 4.78 is 17.3. The maximum absolute atomic E-state index is 12.7. The maximum atomic E-state index is 12.7. The number of hydrogen-bond donors (Lipinski definition) is 0. The summed E-state index contributed by atoms with van der Waals surface area (Å²) in [5.41, 5.74) is 2.22. The molecule has 2 aromatic rings. The topological polar surface area (TPSA) is 51.9 Å². The van der Waals surface area contributed by atoms with Crippen molar-refractivity contribution in [1.29, 1.82) is 0 Å². The summed E-state index contributed by atoms with van der Waals surface area (Å²) in [6.45, 7) is 11.3. The van der Waals surface area contributed by atoms with Crippen LogP contribution in [0.2, 0.25) is 0 Å². The van der Waals surface area contributed by atoms with Crippen LogP contribution in [-0.4, -0.2) is 36.1 Å². The molecule has 2 heterocycles. The van der Waals surface area contributed by atoms with Gasteiger partial charge in [-0.25, -0.2) is 0 Å². The van der Waals surface area contributed by atoms with Gasteiger partial charge >= 0.3 is 0 Å². The van der Waals surface area contributed by atoms with Crippen molar-refractivity contribution in [3.63, 3.8) is 0 Å². The monoisotopic (exact) mass is 357 g/mol. The van der Waals surface area contributed by atoms with E-state index in [0.29, 0.717) is 30.7 Å². The molecular formula is C21H27NO4. The lowest BCUT2D eigenvalue weighted by molar-refractivity contribution is -0.0592. The molecule has 0 bridgehead atoms. The van der Waals surface area contributed by atoms with E-state index in [-0.39, 0.29) is 18.1 Å². The number of morpholine rings is 1. The van der Waals surface area contributed by atoms with Gasteiger partial charge in [0.1, 0.15) is 5.75 Å². The van der Waals surface area contributed by atoms with Crippen LogP contribution in [0.4, 0.5) is 0 Å². The predicted octanol–water partition coefficient (Wildman–Crippen LogP) is 4.75. The molecule has 5 nitrogen and oxygen atoms in total. The van der Waals surface area contributed by atoms with Gasteiger partial charge in [0, 0.05) is 19.2 Å². The van der Waals surface area contributed by atoms with Crippen molar-refractivity contribution in [2.75, 3.05) is 13.1 Å². The SMILES string of the molecule is Cc1ccc(C(C)C)cc1Oc1ccc(C(=O)N2C[C@@H](C)O[C@@H](C)C2)o1. The molecule has 5 heteroatoms. The molecule has 0 aliphatic carbocycles. The predicted molar refractivity (Wildman–Crippen MR) is 100.0 cm³/mol. The Morgan fingerprint density at radius 3 is 2.50 bits per heavy atom. The van der Waals surface area contributed by atoms with E-state index in [0.717, 1.165) is 11.3 Å². The Morgan fingerprint density at radius 1 is 1.15 bits per heavy atom. The Bertz CT molecular complexity index is 770. The van der Waals surface area contributed by atoms with Gasteiger partial charge < -0.3 is 18.8 Å². The molecule has 2 atom stereocenters. The van der Waals surface area contributed by atoms with Gasteiger partial charge in [0.05, 0.1) is 12.2 Å². The number of ether oxygens (including phenoxy) is 2. The molecule has 0 spiro atoms. The van der Waals surface area contributed by atoms with E-state index in [1.165, 1.54) is 5.56 Å². The average molecular weight is 357 g/mol. The minimum Gasteiger partial charge on any atom is -0.426 e. The van der Waals surface area contributed by atoms with Gasteiger partial charge in [-0.05, 0) is 49.9 Å². The van der Waals surface area contributed by atoms with Crippen LogP contribution in [0.3, 0.4) is 0 Å². The first-order chi connectivity index (χ1) is 12.3. The maximum Gasteiger partial charge on any atom is 0.290 e. The largest absolute Gasteiger partial charge is 0.426 e. The van der Waals surface area contributed by atoms with Gasteiger partial charge in [-0.2, -0.15) is 0 Å². The molecule has 0 saturated carbocycles. The minimum absolute atomic E-state index is 0.0230. The summed E-state index contributed by atoms with van der Waals surface area (Å²) in [7, 11) is 0. The molecule has 1 aromatic carbocycles. The Labute approximate surface area is 154 Å². The fourth-order valence-corrected chi connectivity index (χ4v) is 3.18. The van der Waals surface area contributed by atoms with Gasteiger partial charge in [0.25, 0.3) is 11.9 Å². The second-order valence-electron chi connectivity index (χ2n) is 7.37. The van der Waals surface area contributed by atoms with E-state index < -0.39 is 0 Å². The first-order valence-electron chi connectivity index (χ1n) is 9.16. The number of carbonyl (C=O) groups is 1. The van der Waals surface area contributed by atoms with Crippen molar-refractivity contribution in [3.05, 3.63) is 47.2 Å². The molecule has 0 radical (unpaired) electrons. The fourth-order valence-electron chi connectivity index (χ4n) is 3.18. The lowest BCUT2D eigenvalue weighted by Crippen LogP contribution is -2.48. The molecule has 26 heavy (non-hydrogen) atoms. The van der Waals surface area contributed by atoms with Crippen molar-refractivity contribution in [2.24, 2.45) is 0 Å². The lowest BCUT2D eigenvalue weighted by Gasteiger charge is -2.34. The highest BCUT2D eigenvalue weighted by Gasteiger charge is 2.28. The third-order valence-corrected chi connectivity index (χ3v) is 4.59. The normalized spacial score (nSPS) is 20.5. The number of hydrogen-bond acceptors (Lipinski definition) is 4. The van der Waals surface area contributed by atoms with E-state index in [9.17, 15) is 4.79 Å². The summed E-state index contributed by atoms with van der Waals surface area (Å²) in [4.78, 5) is 14.5. The molecule has 1 saturated heterocycles. The molecule has 1 amide bonds. The van der Waals surface area contributed by atoms with E-state index in [4.69, 9.17) is 13.9 Å². The van der Waals surface area contributed by atoms with Crippen molar-refractivity contribution < 1.29 is 18.7 Å². The molecule has 1 aliphatic rings. The molecule has 1 fully saturated rings. The summed E-state index contributed by atoms with van der Waals surface area (Å²) in [6, 6.07) is 9.53. The highest BCUT2D eigenvalue weighted by atomic mass is 16.6. The van der Waals surface area contributed by atoms with Crippen LogP contribution < -0.4 is 4.74 Å². The zero-order valence-electron chi connectivity index (χ0n) is 16.1. The first-order valence-corrected chi connectivity index (χ1v) is 9.16. The molecule has 140 valence electrons. The lowest BCUT2D eigenvalue weighted by atomic mass is 10.0. The third kappa shape index (κ3) is 4.10. The number of rotatable bonds is 4. The van der Waals surface area contributed by atoms with Gasteiger partial charge in [0.15, 0.2) is 5.76 Å². The van der Waals surface area contributed by atoms with Crippen LogP contribution in [0.25, 0.3) is 0 Å². The molecule has 0 N–H and O–H groups in total. The zero-order valence-corrected chi connectivity index (χ0v) is 16.1. The number of amides is 1. The fraction of sp³-hybridized carbons (Fsp3) is 0.476. The number of nitrogens with zero attached hydrogens (tertiary/aromatic N) is 1. The summed E-state index contributed by atoms with van der Waals surface area (Å²) >= 11 is 0. The standard InChI is InChI=1S/C21H27NO4/c1-13(2)17-7-6-14(3)19(10-17)26-20-9-8-18(25-20)21(23)22-11-15(4)24-16(5)12-22/h6-10,13,15-16H,11-12H2,1-5H3/t15-,16+. The first kappa shape index (κ1) is 18.5. The summed E-state index contributed by atoms with van der Waals surface area (Å²) in [5, 5.41) is 0. The van der Waals surface area contributed by atoms with Crippen LogP contribution in [0.15, 0.2) is 34.7 Å². The Morgan fingerprint density at radius 2 is 1.85 bits per heavy atom. The number of benzene rings is 1. The molecular weight excluding hydrogens is 330 g/mol. The average Bonchev–Trinajstić information content (AvgIpc) is 3.03. The van der Waals surface area contributed by atoms with Crippen LogP contribution in [0.1, 0.15) is 55.3 Å². The molecule has 3 rings (SSSR count). The van der Waals surface area contributed by atoms with Gasteiger partial charge in [-0.15, -0.1) is 0 Å². The smallest absolute Gasteiger partial charge is 0.290 e. The highest BCUT2D eigenvalue weighted by molar-refractivity contribution is 5.91. The van der Waals surface area contributed by atoms with Crippen LogP contribution >= 0.6 is 0 Å². The van der Waals surface area contributed by atoms with Crippen molar-refractivity contribution in [3.8, 4) is 11.7 Å². The summed E-state index contributed by atoms with van der Waals surface area (Å²) in [5.74, 6) is 1.65.